The van der Waals surface area contributed by atoms with Crippen LogP contribution in [0.25, 0.3) is 0 Å². The van der Waals surface area contributed by atoms with Crippen LogP contribution in [0, 0.1) is 0 Å². The number of hydrogen-bond donors (Lipinski definition) is 1. The van der Waals surface area contributed by atoms with Crippen molar-refractivity contribution in [3.05, 3.63) is 17.3 Å². The lowest BCUT2D eigenvalue weighted by Gasteiger charge is -2.13. The first-order valence-electron chi connectivity index (χ1n) is 4.06. The Morgan fingerprint density at radius 1 is 1.22 bits per heavy atom. The minimum absolute atomic E-state index is 0.184. The third kappa shape index (κ3) is 3.25. The molecule has 18 heavy (non-hydrogen) atoms. The Hall–Kier alpha value is -2.00. The first-order valence-corrected chi connectivity index (χ1v) is 4.06. The molecule has 0 saturated carbocycles. The van der Waals surface area contributed by atoms with Crippen LogP contribution < -0.4 is 4.74 Å². The molecule has 4 nitrogen and oxygen atoms in total. The molecule has 0 amide bonds. The van der Waals surface area contributed by atoms with Gasteiger partial charge in [-0.25, -0.2) is 4.98 Å². The van der Waals surface area contributed by atoms with E-state index >= 15 is 0 Å². The summed E-state index contributed by atoms with van der Waals surface area (Å²) in [6.45, 7) is 0. The van der Waals surface area contributed by atoms with E-state index in [4.69, 9.17) is 5.11 Å². The summed E-state index contributed by atoms with van der Waals surface area (Å²) in [7, 11) is 0. The predicted octanol–water partition coefficient (Wildman–Crippen LogP) is 2.52. The van der Waals surface area contributed by atoms with Crippen molar-refractivity contribution in [3.8, 4) is 11.6 Å². The van der Waals surface area contributed by atoms with E-state index < -0.39 is 35.4 Å². The minimum Gasteiger partial charge on any atom is -0.503 e. The number of rotatable bonds is 2. The molecule has 10 heteroatoms. The summed E-state index contributed by atoms with van der Waals surface area (Å²) in [5.74, 6) is -3.01. The van der Waals surface area contributed by atoms with E-state index in [1.807, 2.05) is 0 Å². The summed E-state index contributed by atoms with van der Waals surface area (Å²) in [6, 6.07) is 0.184. The molecular weight excluding hydrogens is 272 g/mol. The number of hydrogen-bond acceptors (Lipinski definition) is 4. The standard InChI is InChI=1S/C8H3F6NO3/c9-7(10,11)5-3(2-16)1-4(17)6(15-5)18-8(12,13)14/h1-2,17H. The van der Waals surface area contributed by atoms with Gasteiger partial charge in [0.05, 0.1) is 0 Å². The molecule has 0 unspecified atom stereocenters. The van der Waals surface area contributed by atoms with Crippen LogP contribution in [-0.4, -0.2) is 22.7 Å². The first-order chi connectivity index (χ1) is 8.04. The van der Waals surface area contributed by atoms with Crippen LogP contribution in [0.1, 0.15) is 16.1 Å². The van der Waals surface area contributed by atoms with E-state index in [9.17, 15) is 31.1 Å². The third-order valence-corrected chi connectivity index (χ3v) is 1.61. The average molecular weight is 275 g/mol. The van der Waals surface area contributed by atoms with Crippen molar-refractivity contribution in [2.75, 3.05) is 0 Å². The van der Waals surface area contributed by atoms with Gasteiger partial charge in [0.25, 0.3) is 5.88 Å². The Bertz CT molecular complexity index is 467. The van der Waals surface area contributed by atoms with E-state index in [-0.39, 0.29) is 12.4 Å². The number of carbonyl (C=O) groups is 1. The van der Waals surface area contributed by atoms with Gasteiger partial charge in [-0.05, 0) is 6.07 Å². The van der Waals surface area contributed by atoms with E-state index in [1.54, 1.807) is 0 Å². The van der Waals surface area contributed by atoms with Crippen LogP contribution in [-0.2, 0) is 6.18 Å². The molecule has 0 radical (unpaired) electrons. The number of aromatic hydroxyl groups is 1. The molecule has 1 aromatic heterocycles. The quantitative estimate of drug-likeness (QED) is 0.665. The van der Waals surface area contributed by atoms with Crippen LogP contribution in [0.3, 0.4) is 0 Å². The van der Waals surface area contributed by atoms with Gasteiger partial charge in [0.15, 0.2) is 17.7 Å². The van der Waals surface area contributed by atoms with Crippen molar-refractivity contribution in [1.82, 2.24) is 4.98 Å². The largest absolute Gasteiger partial charge is 0.574 e. The Morgan fingerprint density at radius 2 is 1.78 bits per heavy atom. The molecule has 0 atom stereocenters. The highest BCUT2D eigenvalue weighted by Gasteiger charge is 2.39. The smallest absolute Gasteiger partial charge is 0.503 e. The average Bonchev–Trinajstić information content (AvgIpc) is 2.16. The number of halogens is 6. The van der Waals surface area contributed by atoms with Gasteiger partial charge < -0.3 is 9.84 Å². The molecule has 0 saturated heterocycles. The molecule has 1 heterocycles. The summed E-state index contributed by atoms with van der Waals surface area (Å²) in [4.78, 5) is 12.8. The van der Waals surface area contributed by atoms with Crippen LogP contribution in [0.2, 0.25) is 0 Å². The van der Waals surface area contributed by atoms with Gasteiger partial charge in [0.2, 0.25) is 0 Å². The summed E-state index contributed by atoms with van der Waals surface area (Å²) in [5, 5.41) is 8.96. The molecule has 0 bridgehead atoms. The maximum absolute atomic E-state index is 12.3. The summed E-state index contributed by atoms with van der Waals surface area (Å²) in [6.07, 6.45) is -10.8. The monoisotopic (exact) mass is 275 g/mol. The first kappa shape index (κ1) is 14.1. The number of aldehydes is 1. The molecule has 0 aliphatic heterocycles. The van der Waals surface area contributed by atoms with Gasteiger partial charge in [0, 0.05) is 5.56 Å². The molecule has 1 aromatic rings. The lowest BCUT2D eigenvalue weighted by atomic mass is 10.2. The topological polar surface area (TPSA) is 59.4 Å². The summed E-state index contributed by atoms with van der Waals surface area (Å²) in [5.41, 5.74) is -2.98. The lowest BCUT2D eigenvalue weighted by Crippen LogP contribution is -2.20. The highest BCUT2D eigenvalue weighted by Crippen LogP contribution is 2.36. The molecule has 0 aliphatic rings. The molecule has 0 aliphatic carbocycles. The number of nitrogens with zero attached hydrogens (tertiary/aromatic N) is 1. The van der Waals surface area contributed by atoms with Gasteiger partial charge >= 0.3 is 12.5 Å². The fourth-order valence-electron chi connectivity index (χ4n) is 1.00. The number of alkyl halides is 6. The van der Waals surface area contributed by atoms with Crippen molar-refractivity contribution in [2.24, 2.45) is 0 Å². The van der Waals surface area contributed by atoms with Gasteiger partial charge in [-0.3, -0.25) is 4.79 Å². The Balaban J connectivity index is 3.35. The second kappa shape index (κ2) is 4.35. The molecule has 0 aromatic carbocycles. The number of ether oxygens (including phenoxy) is 1. The highest BCUT2D eigenvalue weighted by molar-refractivity contribution is 5.78. The van der Waals surface area contributed by atoms with Crippen molar-refractivity contribution in [1.29, 1.82) is 0 Å². The SMILES string of the molecule is O=Cc1cc(O)c(OC(F)(F)F)nc1C(F)(F)F. The molecule has 0 fully saturated rings. The Labute approximate surface area is 94.8 Å². The molecule has 1 rings (SSSR count). The Morgan fingerprint density at radius 3 is 2.17 bits per heavy atom. The van der Waals surface area contributed by atoms with Crippen LogP contribution in [0.5, 0.6) is 11.6 Å². The number of carbonyl (C=O) groups excluding carboxylic acids is 1. The zero-order valence-corrected chi connectivity index (χ0v) is 8.13. The Kier molecular flexibility index (Phi) is 3.40. The van der Waals surface area contributed by atoms with Crippen molar-refractivity contribution in [2.45, 2.75) is 12.5 Å². The zero-order valence-electron chi connectivity index (χ0n) is 8.13. The lowest BCUT2D eigenvalue weighted by molar-refractivity contribution is -0.277. The second-order valence-corrected chi connectivity index (χ2v) is 2.91. The van der Waals surface area contributed by atoms with Gasteiger partial charge in [-0.1, -0.05) is 0 Å². The van der Waals surface area contributed by atoms with E-state index in [2.05, 4.69) is 9.72 Å². The van der Waals surface area contributed by atoms with Crippen LogP contribution in [0.4, 0.5) is 26.3 Å². The fraction of sp³-hybridized carbons (Fsp3) is 0.250. The maximum atomic E-state index is 12.3. The predicted molar refractivity (Wildman–Crippen MR) is 43.0 cm³/mol. The van der Waals surface area contributed by atoms with Gasteiger partial charge in [-0.15, -0.1) is 13.2 Å². The minimum atomic E-state index is -5.32. The van der Waals surface area contributed by atoms with Crippen molar-refractivity contribution < 1.29 is 41.0 Å². The highest BCUT2D eigenvalue weighted by atomic mass is 19.4. The van der Waals surface area contributed by atoms with E-state index in [0.29, 0.717) is 0 Å². The van der Waals surface area contributed by atoms with Gasteiger partial charge in [-0.2, -0.15) is 13.2 Å². The van der Waals surface area contributed by atoms with E-state index in [1.165, 1.54) is 0 Å². The number of pyridine rings is 1. The molecular formula is C8H3F6NO3. The molecule has 100 valence electrons. The summed E-state index contributed by atoms with van der Waals surface area (Å²) < 4.78 is 75.5. The summed E-state index contributed by atoms with van der Waals surface area (Å²) >= 11 is 0. The fourth-order valence-corrected chi connectivity index (χ4v) is 1.00. The molecule has 1 N–H and O–H groups in total. The normalized spacial score (nSPS) is 12.3. The third-order valence-electron chi connectivity index (χ3n) is 1.61. The maximum Gasteiger partial charge on any atom is 0.574 e. The van der Waals surface area contributed by atoms with Crippen molar-refractivity contribution >= 4 is 6.29 Å². The van der Waals surface area contributed by atoms with Crippen LogP contribution >= 0.6 is 0 Å². The number of aromatic nitrogens is 1. The van der Waals surface area contributed by atoms with E-state index in [0.717, 1.165) is 0 Å². The van der Waals surface area contributed by atoms with Crippen LogP contribution in [0.15, 0.2) is 6.07 Å². The van der Waals surface area contributed by atoms with Crippen molar-refractivity contribution in [3.63, 3.8) is 0 Å². The molecule has 0 spiro atoms. The second-order valence-electron chi connectivity index (χ2n) is 2.91. The van der Waals surface area contributed by atoms with Gasteiger partial charge in [0.1, 0.15) is 0 Å². The zero-order chi connectivity index (χ0) is 14.1.